The summed E-state index contributed by atoms with van der Waals surface area (Å²) in [5, 5.41) is 12.8. The van der Waals surface area contributed by atoms with Gasteiger partial charge in [0.15, 0.2) is 0 Å². The molecule has 0 bridgehead atoms. The number of carbonyl (C=O) groups is 1. The number of nitrogens with one attached hydrogen (secondary N) is 1. The number of hydrogen-bond acceptors (Lipinski definition) is 3. The van der Waals surface area contributed by atoms with Crippen molar-refractivity contribution in [3.05, 3.63) is 28.2 Å². The van der Waals surface area contributed by atoms with E-state index >= 15 is 0 Å². The number of carbonyl (C=O) groups excluding carboxylic acids is 1. The quantitative estimate of drug-likeness (QED) is 0.732. The van der Waals surface area contributed by atoms with Gasteiger partial charge in [-0.1, -0.05) is 29.3 Å². The molecular weight excluding hydrogens is 338 g/mol. The van der Waals surface area contributed by atoms with Crippen molar-refractivity contribution >= 4 is 33.6 Å². The highest BCUT2D eigenvalue weighted by Crippen LogP contribution is 2.25. The SMILES string of the molecule is CCCC(C)(O)CNC(=O)CSc1ccc(Br)cc1C. The van der Waals surface area contributed by atoms with Crippen LogP contribution in [0, 0.1) is 6.92 Å². The zero-order valence-electron chi connectivity index (χ0n) is 12.2. The lowest BCUT2D eigenvalue weighted by Gasteiger charge is -2.22. The minimum atomic E-state index is -0.817. The Hall–Kier alpha value is -0.520. The van der Waals surface area contributed by atoms with Gasteiger partial charge in [0, 0.05) is 15.9 Å². The Bertz CT molecular complexity index is 463. The Balaban J connectivity index is 2.40. The van der Waals surface area contributed by atoms with Crippen molar-refractivity contribution in [3.63, 3.8) is 0 Å². The van der Waals surface area contributed by atoms with Crippen LogP contribution in [0.3, 0.4) is 0 Å². The van der Waals surface area contributed by atoms with Crippen LogP contribution in [-0.2, 0) is 4.79 Å². The average molecular weight is 360 g/mol. The molecule has 0 saturated heterocycles. The minimum absolute atomic E-state index is 0.0475. The zero-order chi connectivity index (χ0) is 15.2. The van der Waals surface area contributed by atoms with Gasteiger partial charge in [0.2, 0.25) is 5.91 Å². The highest BCUT2D eigenvalue weighted by atomic mass is 79.9. The van der Waals surface area contributed by atoms with E-state index in [2.05, 4.69) is 21.2 Å². The fraction of sp³-hybridized carbons (Fsp3) is 0.533. The summed E-state index contributed by atoms with van der Waals surface area (Å²) in [7, 11) is 0. The molecule has 0 aliphatic heterocycles. The lowest BCUT2D eigenvalue weighted by Crippen LogP contribution is -2.41. The molecule has 1 aromatic carbocycles. The Labute approximate surface area is 133 Å². The molecule has 0 aliphatic carbocycles. The summed E-state index contributed by atoms with van der Waals surface area (Å²) in [4.78, 5) is 12.9. The van der Waals surface area contributed by atoms with E-state index in [-0.39, 0.29) is 5.91 Å². The highest BCUT2D eigenvalue weighted by molar-refractivity contribution is 9.10. The van der Waals surface area contributed by atoms with Crippen molar-refractivity contribution in [2.75, 3.05) is 12.3 Å². The Morgan fingerprint density at radius 2 is 2.20 bits per heavy atom. The summed E-state index contributed by atoms with van der Waals surface area (Å²) in [6.07, 6.45) is 1.59. The number of rotatable bonds is 7. The molecular formula is C15H22BrNO2S. The molecule has 1 amide bonds. The third kappa shape index (κ3) is 6.29. The molecule has 112 valence electrons. The first kappa shape index (κ1) is 17.5. The summed E-state index contributed by atoms with van der Waals surface area (Å²) in [6.45, 7) is 6.10. The minimum Gasteiger partial charge on any atom is -0.388 e. The van der Waals surface area contributed by atoms with E-state index in [9.17, 15) is 9.90 Å². The summed E-state index contributed by atoms with van der Waals surface area (Å²) in [5.74, 6) is 0.318. The van der Waals surface area contributed by atoms with Gasteiger partial charge in [0.1, 0.15) is 0 Å². The van der Waals surface area contributed by atoms with Crippen LogP contribution < -0.4 is 5.32 Å². The fourth-order valence-corrected chi connectivity index (χ4v) is 3.20. The maximum absolute atomic E-state index is 11.8. The van der Waals surface area contributed by atoms with E-state index in [1.165, 1.54) is 11.8 Å². The molecule has 2 N–H and O–H groups in total. The molecule has 1 atom stereocenters. The number of halogens is 1. The molecule has 3 nitrogen and oxygen atoms in total. The number of benzene rings is 1. The van der Waals surface area contributed by atoms with Gasteiger partial charge < -0.3 is 10.4 Å². The van der Waals surface area contributed by atoms with E-state index in [0.29, 0.717) is 18.7 Å². The summed E-state index contributed by atoms with van der Waals surface area (Å²) < 4.78 is 1.04. The molecule has 0 fully saturated rings. The van der Waals surface area contributed by atoms with Crippen LogP contribution in [0.2, 0.25) is 0 Å². The predicted molar refractivity (Wildman–Crippen MR) is 88.1 cm³/mol. The van der Waals surface area contributed by atoms with Gasteiger partial charge >= 0.3 is 0 Å². The van der Waals surface area contributed by atoms with Gasteiger partial charge in [0.25, 0.3) is 0 Å². The summed E-state index contributed by atoms with van der Waals surface area (Å²) in [5.41, 5.74) is 0.331. The van der Waals surface area contributed by atoms with Crippen molar-refractivity contribution in [2.24, 2.45) is 0 Å². The third-order valence-corrected chi connectivity index (χ3v) is 4.62. The molecule has 1 rings (SSSR count). The Morgan fingerprint density at radius 1 is 1.50 bits per heavy atom. The average Bonchev–Trinajstić information content (AvgIpc) is 2.35. The van der Waals surface area contributed by atoms with E-state index in [1.807, 2.05) is 32.0 Å². The van der Waals surface area contributed by atoms with Gasteiger partial charge in [-0.2, -0.15) is 0 Å². The van der Waals surface area contributed by atoms with Gasteiger partial charge in [-0.05, 0) is 44.0 Å². The second-order valence-corrected chi connectivity index (χ2v) is 7.16. The molecule has 0 heterocycles. The first-order chi connectivity index (χ1) is 9.34. The summed E-state index contributed by atoms with van der Waals surface area (Å²) >= 11 is 4.93. The first-order valence-corrected chi connectivity index (χ1v) is 8.50. The number of thioether (sulfide) groups is 1. The van der Waals surface area contributed by atoms with Crippen molar-refractivity contribution in [3.8, 4) is 0 Å². The van der Waals surface area contributed by atoms with Gasteiger partial charge in [-0.15, -0.1) is 11.8 Å². The van der Waals surface area contributed by atoms with Crippen LogP contribution in [0.1, 0.15) is 32.3 Å². The predicted octanol–water partition coefficient (Wildman–Crippen LogP) is 3.52. The molecule has 20 heavy (non-hydrogen) atoms. The molecule has 0 radical (unpaired) electrons. The van der Waals surface area contributed by atoms with Crippen LogP contribution >= 0.6 is 27.7 Å². The number of hydrogen-bond donors (Lipinski definition) is 2. The molecule has 1 unspecified atom stereocenters. The van der Waals surface area contributed by atoms with E-state index < -0.39 is 5.60 Å². The standard InChI is InChI=1S/C15H22BrNO2S/c1-4-7-15(3,19)10-17-14(18)9-20-13-6-5-12(16)8-11(13)2/h5-6,8,19H,4,7,9-10H2,1-3H3,(H,17,18). The van der Waals surface area contributed by atoms with Crippen LogP contribution in [0.25, 0.3) is 0 Å². The first-order valence-electron chi connectivity index (χ1n) is 6.72. The lowest BCUT2D eigenvalue weighted by atomic mass is 10.0. The maximum atomic E-state index is 11.8. The monoisotopic (exact) mass is 359 g/mol. The number of aliphatic hydroxyl groups is 1. The number of amides is 1. The highest BCUT2D eigenvalue weighted by Gasteiger charge is 2.19. The van der Waals surface area contributed by atoms with E-state index in [4.69, 9.17) is 0 Å². The topological polar surface area (TPSA) is 49.3 Å². The smallest absolute Gasteiger partial charge is 0.230 e. The van der Waals surface area contributed by atoms with Crippen molar-refractivity contribution in [1.82, 2.24) is 5.32 Å². The maximum Gasteiger partial charge on any atom is 0.230 e. The van der Waals surface area contributed by atoms with Crippen LogP contribution in [0.15, 0.2) is 27.6 Å². The molecule has 5 heteroatoms. The third-order valence-electron chi connectivity index (χ3n) is 2.95. The Kier molecular flexibility index (Phi) is 7.06. The van der Waals surface area contributed by atoms with Crippen molar-refractivity contribution in [2.45, 2.75) is 44.1 Å². The molecule has 0 aliphatic rings. The molecule has 1 aromatic rings. The van der Waals surface area contributed by atoms with Crippen molar-refractivity contribution < 1.29 is 9.90 Å². The summed E-state index contributed by atoms with van der Waals surface area (Å²) in [6, 6.07) is 6.01. The van der Waals surface area contributed by atoms with Crippen LogP contribution in [0.5, 0.6) is 0 Å². The molecule has 0 spiro atoms. The lowest BCUT2D eigenvalue weighted by molar-refractivity contribution is -0.119. The van der Waals surface area contributed by atoms with Crippen LogP contribution in [0.4, 0.5) is 0 Å². The second kappa shape index (κ2) is 8.05. The van der Waals surface area contributed by atoms with Gasteiger partial charge in [-0.25, -0.2) is 0 Å². The van der Waals surface area contributed by atoms with E-state index in [1.54, 1.807) is 6.92 Å². The number of aryl methyl sites for hydroxylation is 1. The molecule has 0 aromatic heterocycles. The van der Waals surface area contributed by atoms with Crippen LogP contribution in [-0.4, -0.2) is 28.9 Å². The van der Waals surface area contributed by atoms with Gasteiger partial charge in [0.05, 0.1) is 11.4 Å². The van der Waals surface area contributed by atoms with E-state index in [0.717, 1.165) is 21.4 Å². The zero-order valence-corrected chi connectivity index (χ0v) is 14.6. The largest absolute Gasteiger partial charge is 0.388 e. The van der Waals surface area contributed by atoms with Gasteiger partial charge in [-0.3, -0.25) is 4.79 Å². The second-order valence-electron chi connectivity index (χ2n) is 5.22. The van der Waals surface area contributed by atoms with Crippen molar-refractivity contribution in [1.29, 1.82) is 0 Å². The normalized spacial score (nSPS) is 13.8. The molecule has 0 saturated carbocycles. The fourth-order valence-electron chi connectivity index (χ4n) is 1.89. The Morgan fingerprint density at radius 3 is 2.80 bits per heavy atom.